The van der Waals surface area contributed by atoms with Gasteiger partial charge in [0.1, 0.15) is 18.1 Å². The highest BCUT2D eigenvalue weighted by Crippen LogP contribution is 2.29. The number of rotatable bonds is 8. The van der Waals surface area contributed by atoms with Crippen LogP contribution in [0.1, 0.15) is 21.9 Å². The average molecular weight is 532 g/mol. The summed E-state index contributed by atoms with van der Waals surface area (Å²) < 4.78 is 13.7. The molecule has 33 heavy (non-hydrogen) atoms. The molecule has 0 fully saturated rings. The van der Waals surface area contributed by atoms with Crippen molar-refractivity contribution in [3.8, 4) is 5.75 Å². The number of anilines is 1. The third-order valence-electron chi connectivity index (χ3n) is 4.51. The molecule has 2 aromatic carbocycles. The highest BCUT2D eigenvalue weighted by Gasteiger charge is 2.14. The van der Waals surface area contributed by atoms with E-state index in [1.807, 2.05) is 24.4 Å². The Labute approximate surface area is 201 Å². The van der Waals surface area contributed by atoms with Gasteiger partial charge in [0, 0.05) is 18.0 Å². The normalized spacial score (nSPS) is 10.7. The Morgan fingerprint density at radius 1 is 1.24 bits per heavy atom. The van der Waals surface area contributed by atoms with Crippen molar-refractivity contribution >= 4 is 44.8 Å². The number of amides is 1. The van der Waals surface area contributed by atoms with Crippen LogP contribution in [-0.2, 0) is 13.2 Å². The minimum atomic E-state index is -0.540. The van der Waals surface area contributed by atoms with Gasteiger partial charge in [0.15, 0.2) is 5.76 Å². The highest BCUT2D eigenvalue weighted by molar-refractivity contribution is 9.10. The smallest absolute Gasteiger partial charge is 0.291 e. The molecular weight excluding hydrogens is 516 g/mol. The summed E-state index contributed by atoms with van der Waals surface area (Å²) >= 11 is 9.39. The summed E-state index contributed by atoms with van der Waals surface area (Å²) in [4.78, 5) is 23.0. The lowest BCUT2D eigenvalue weighted by Gasteiger charge is -2.07. The summed E-state index contributed by atoms with van der Waals surface area (Å²) in [6.07, 6.45) is 3.56. The maximum absolute atomic E-state index is 12.6. The number of halogens is 2. The Balaban J connectivity index is 1.38. The van der Waals surface area contributed by atoms with Gasteiger partial charge in [-0.1, -0.05) is 23.7 Å². The summed E-state index contributed by atoms with van der Waals surface area (Å²) in [6.45, 7) is 0.501. The molecule has 11 heteroatoms. The maximum atomic E-state index is 12.6. The van der Waals surface area contributed by atoms with E-state index >= 15 is 0 Å². The first kappa shape index (κ1) is 22.6. The molecule has 0 bridgehead atoms. The SMILES string of the molecule is O=C(Nc1cccc(Cn2cc(Br)cn2)c1)c1ccc(COc2cc([N+](=O)[O-])ccc2Cl)o1. The van der Waals surface area contributed by atoms with Crippen molar-refractivity contribution in [2.75, 3.05) is 5.32 Å². The van der Waals surface area contributed by atoms with Crippen LogP contribution in [0, 0.1) is 10.1 Å². The number of benzene rings is 2. The Kier molecular flexibility index (Phi) is 6.76. The number of furan rings is 1. The summed E-state index contributed by atoms with van der Waals surface area (Å²) in [6, 6.07) is 14.4. The molecule has 4 rings (SSSR count). The monoisotopic (exact) mass is 530 g/mol. The lowest BCUT2D eigenvalue weighted by atomic mass is 10.2. The van der Waals surface area contributed by atoms with Gasteiger partial charge in [-0.2, -0.15) is 5.10 Å². The third-order valence-corrected chi connectivity index (χ3v) is 5.23. The highest BCUT2D eigenvalue weighted by atomic mass is 79.9. The van der Waals surface area contributed by atoms with Crippen LogP contribution in [-0.4, -0.2) is 20.6 Å². The van der Waals surface area contributed by atoms with Crippen LogP contribution in [0.4, 0.5) is 11.4 Å². The molecule has 0 aliphatic carbocycles. The number of nitro benzene ring substituents is 1. The molecule has 0 spiro atoms. The van der Waals surface area contributed by atoms with Crippen molar-refractivity contribution in [1.82, 2.24) is 9.78 Å². The molecule has 2 heterocycles. The molecule has 0 aliphatic rings. The Morgan fingerprint density at radius 2 is 2.09 bits per heavy atom. The topological polar surface area (TPSA) is 112 Å². The second kappa shape index (κ2) is 9.88. The molecule has 0 radical (unpaired) electrons. The molecule has 0 aliphatic heterocycles. The van der Waals surface area contributed by atoms with E-state index in [9.17, 15) is 14.9 Å². The number of nitro groups is 1. The third kappa shape index (κ3) is 5.79. The van der Waals surface area contributed by atoms with Crippen LogP contribution in [0.5, 0.6) is 5.75 Å². The molecule has 9 nitrogen and oxygen atoms in total. The standard InChI is InChI=1S/C22H16BrClN4O5/c23-15-10-25-27(12-15)11-14-2-1-3-16(8-14)26-22(29)20-7-5-18(33-20)13-32-21-9-17(28(30)31)4-6-19(21)24/h1-10,12H,11,13H2,(H,26,29). The van der Waals surface area contributed by atoms with Crippen molar-refractivity contribution in [3.63, 3.8) is 0 Å². The molecule has 0 saturated carbocycles. The zero-order valence-corrected chi connectivity index (χ0v) is 19.2. The fraction of sp³-hybridized carbons (Fsp3) is 0.0909. The van der Waals surface area contributed by atoms with E-state index in [0.29, 0.717) is 18.0 Å². The number of hydrogen-bond donors (Lipinski definition) is 1. The molecule has 0 saturated heterocycles. The molecule has 4 aromatic rings. The minimum Gasteiger partial charge on any atom is -0.484 e. The fourth-order valence-corrected chi connectivity index (χ4v) is 3.49. The first-order valence-electron chi connectivity index (χ1n) is 9.61. The quantitative estimate of drug-likeness (QED) is 0.231. The van der Waals surface area contributed by atoms with Gasteiger partial charge in [0.25, 0.3) is 11.6 Å². The molecular formula is C22H16BrClN4O5. The van der Waals surface area contributed by atoms with Crippen molar-refractivity contribution in [1.29, 1.82) is 0 Å². The predicted octanol–water partition coefficient (Wildman–Crippen LogP) is 5.68. The van der Waals surface area contributed by atoms with E-state index in [-0.39, 0.29) is 28.8 Å². The Bertz CT molecular complexity index is 1320. The van der Waals surface area contributed by atoms with E-state index in [4.69, 9.17) is 20.8 Å². The Morgan fingerprint density at radius 3 is 2.85 bits per heavy atom. The molecule has 1 amide bonds. The van der Waals surface area contributed by atoms with E-state index in [2.05, 4.69) is 26.3 Å². The fourth-order valence-electron chi connectivity index (χ4n) is 2.99. The van der Waals surface area contributed by atoms with Crippen LogP contribution in [0.15, 0.2) is 75.9 Å². The van der Waals surface area contributed by atoms with E-state index in [0.717, 1.165) is 10.0 Å². The molecule has 168 valence electrons. The number of non-ortho nitro benzene ring substituents is 1. The van der Waals surface area contributed by atoms with Crippen LogP contribution in [0.2, 0.25) is 5.02 Å². The molecule has 0 atom stereocenters. The van der Waals surface area contributed by atoms with E-state index < -0.39 is 10.8 Å². The van der Waals surface area contributed by atoms with Gasteiger partial charge in [-0.15, -0.1) is 0 Å². The van der Waals surface area contributed by atoms with Gasteiger partial charge in [-0.05, 0) is 51.8 Å². The second-order valence-electron chi connectivity index (χ2n) is 6.94. The van der Waals surface area contributed by atoms with Crippen molar-refractivity contribution in [2.45, 2.75) is 13.2 Å². The van der Waals surface area contributed by atoms with E-state index in [1.54, 1.807) is 23.0 Å². The van der Waals surface area contributed by atoms with Gasteiger partial charge in [-0.3, -0.25) is 19.6 Å². The van der Waals surface area contributed by atoms with Crippen LogP contribution in [0.3, 0.4) is 0 Å². The second-order valence-corrected chi connectivity index (χ2v) is 8.26. The predicted molar refractivity (Wildman–Crippen MR) is 125 cm³/mol. The Hall–Kier alpha value is -3.63. The van der Waals surface area contributed by atoms with Gasteiger partial charge in [0.05, 0.1) is 33.2 Å². The van der Waals surface area contributed by atoms with Crippen molar-refractivity contribution < 1.29 is 18.9 Å². The maximum Gasteiger partial charge on any atom is 0.291 e. The van der Waals surface area contributed by atoms with Gasteiger partial charge >= 0.3 is 0 Å². The van der Waals surface area contributed by atoms with Crippen LogP contribution >= 0.6 is 27.5 Å². The zero-order valence-electron chi connectivity index (χ0n) is 16.9. The summed E-state index contributed by atoms with van der Waals surface area (Å²) in [5, 5.41) is 18.2. The largest absolute Gasteiger partial charge is 0.484 e. The summed E-state index contributed by atoms with van der Waals surface area (Å²) in [5.41, 5.74) is 1.43. The van der Waals surface area contributed by atoms with Crippen molar-refractivity contribution in [3.05, 3.63) is 104 Å². The zero-order chi connectivity index (χ0) is 23.4. The first-order valence-corrected chi connectivity index (χ1v) is 10.8. The number of nitrogens with one attached hydrogen (secondary N) is 1. The average Bonchev–Trinajstić information content (AvgIpc) is 3.42. The number of ether oxygens (including phenoxy) is 1. The number of aromatic nitrogens is 2. The minimum absolute atomic E-state index is 0.0525. The van der Waals surface area contributed by atoms with Gasteiger partial charge in [0.2, 0.25) is 0 Å². The van der Waals surface area contributed by atoms with Gasteiger partial charge in [-0.25, -0.2) is 0 Å². The lowest BCUT2D eigenvalue weighted by Crippen LogP contribution is -2.11. The summed E-state index contributed by atoms with van der Waals surface area (Å²) in [5.74, 6) is 0.184. The number of nitrogens with zero attached hydrogens (tertiary/aromatic N) is 3. The number of hydrogen-bond acceptors (Lipinski definition) is 6. The van der Waals surface area contributed by atoms with Gasteiger partial charge < -0.3 is 14.5 Å². The number of carbonyl (C=O) groups excluding carboxylic acids is 1. The first-order chi connectivity index (χ1) is 15.9. The van der Waals surface area contributed by atoms with Crippen LogP contribution in [0.25, 0.3) is 0 Å². The van der Waals surface area contributed by atoms with Crippen molar-refractivity contribution in [2.24, 2.45) is 0 Å². The lowest BCUT2D eigenvalue weighted by molar-refractivity contribution is -0.384. The van der Waals surface area contributed by atoms with E-state index in [1.165, 1.54) is 24.3 Å². The molecule has 0 unspecified atom stereocenters. The van der Waals surface area contributed by atoms with Crippen LogP contribution < -0.4 is 10.1 Å². The molecule has 2 aromatic heterocycles. The molecule has 1 N–H and O–H groups in total. The summed E-state index contributed by atoms with van der Waals surface area (Å²) in [7, 11) is 0. The number of carbonyl (C=O) groups is 1.